The Morgan fingerprint density at radius 3 is 2.76 bits per heavy atom. The Balaban J connectivity index is 2.58. The Morgan fingerprint density at radius 1 is 1.35 bits per heavy atom. The number of methoxy groups -OCH3 is 1. The fourth-order valence-electron chi connectivity index (χ4n) is 1.47. The minimum Gasteiger partial charge on any atom is -0.481 e. The third kappa shape index (κ3) is 2.23. The predicted octanol–water partition coefficient (Wildman–Crippen LogP) is 1.85. The molecule has 2 aromatic heterocycles. The summed E-state index contributed by atoms with van der Waals surface area (Å²) in [6.07, 6.45) is 3.22. The van der Waals surface area contributed by atoms with E-state index in [1.54, 1.807) is 36.7 Å². The molecule has 2 rings (SSSR count). The maximum absolute atomic E-state index is 11.1. The van der Waals surface area contributed by atoms with E-state index in [-0.39, 0.29) is 11.6 Å². The van der Waals surface area contributed by atoms with E-state index >= 15 is 0 Å². The van der Waals surface area contributed by atoms with E-state index in [0.29, 0.717) is 11.1 Å². The fraction of sp³-hybridized carbons (Fsp3) is 0.0833. The molecule has 1 N–H and O–H groups in total. The standard InChI is InChI=1S/C12H10N2O3/c1-17-10-5-4-9(11(14-10)12(15)16)8-3-2-6-13-7-8/h2-7H,1H3,(H,15,16). The molecule has 2 aromatic rings. The van der Waals surface area contributed by atoms with Gasteiger partial charge in [-0.3, -0.25) is 4.98 Å². The van der Waals surface area contributed by atoms with Crippen molar-refractivity contribution in [1.29, 1.82) is 0 Å². The molecule has 0 aliphatic heterocycles. The fourth-order valence-corrected chi connectivity index (χ4v) is 1.47. The number of ether oxygens (including phenoxy) is 1. The smallest absolute Gasteiger partial charge is 0.355 e. The number of pyridine rings is 2. The van der Waals surface area contributed by atoms with Crippen molar-refractivity contribution in [2.75, 3.05) is 7.11 Å². The summed E-state index contributed by atoms with van der Waals surface area (Å²) in [5, 5.41) is 9.11. The molecule has 0 aliphatic rings. The number of hydrogen-bond donors (Lipinski definition) is 1. The zero-order valence-corrected chi connectivity index (χ0v) is 9.12. The highest BCUT2D eigenvalue weighted by atomic mass is 16.5. The maximum Gasteiger partial charge on any atom is 0.355 e. The van der Waals surface area contributed by atoms with Crippen LogP contribution in [0, 0.1) is 0 Å². The average molecular weight is 230 g/mol. The van der Waals surface area contributed by atoms with Gasteiger partial charge in [-0.2, -0.15) is 0 Å². The van der Waals surface area contributed by atoms with Crippen molar-refractivity contribution >= 4 is 5.97 Å². The lowest BCUT2D eigenvalue weighted by molar-refractivity contribution is 0.0690. The molecular formula is C12H10N2O3. The molecule has 0 atom stereocenters. The van der Waals surface area contributed by atoms with E-state index in [9.17, 15) is 4.79 Å². The molecule has 0 amide bonds. The van der Waals surface area contributed by atoms with Crippen LogP contribution in [0.1, 0.15) is 10.5 Å². The van der Waals surface area contributed by atoms with Crippen LogP contribution in [0.4, 0.5) is 0 Å². The lowest BCUT2D eigenvalue weighted by Crippen LogP contribution is -2.04. The van der Waals surface area contributed by atoms with Gasteiger partial charge < -0.3 is 9.84 Å². The van der Waals surface area contributed by atoms with Crippen molar-refractivity contribution in [1.82, 2.24) is 9.97 Å². The van der Waals surface area contributed by atoms with Crippen molar-refractivity contribution in [2.45, 2.75) is 0 Å². The Hall–Kier alpha value is -2.43. The van der Waals surface area contributed by atoms with Gasteiger partial charge in [0.1, 0.15) is 0 Å². The predicted molar refractivity (Wildman–Crippen MR) is 61.0 cm³/mol. The molecule has 0 aromatic carbocycles. The van der Waals surface area contributed by atoms with E-state index in [1.807, 2.05) is 0 Å². The van der Waals surface area contributed by atoms with Crippen molar-refractivity contribution in [3.05, 3.63) is 42.4 Å². The quantitative estimate of drug-likeness (QED) is 0.871. The summed E-state index contributed by atoms with van der Waals surface area (Å²) in [5.74, 6) is -0.821. The number of carbonyl (C=O) groups is 1. The minimum absolute atomic E-state index is 0.0441. The first-order chi connectivity index (χ1) is 8.22. The molecule has 0 fully saturated rings. The highest BCUT2D eigenvalue weighted by molar-refractivity contribution is 5.93. The monoisotopic (exact) mass is 230 g/mol. The zero-order chi connectivity index (χ0) is 12.3. The Kier molecular flexibility index (Phi) is 3.00. The molecule has 17 heavy (non-hydrogen) atoms. The van der Waals surface area contributed by atoms with Crippen molar-refractivity contribution in [3.8, 4) is 17.0 Å². The highest BCUT2D eigenvalue weighted by Gasteiger charge is 2.14. The largest absolute Gasteiger partial charge is 0.481 e. The van der Waals surface area contributed by atoms with Crippen LogP contribution >= 0.6 is 0 Å². The molecule has 0 unspecified atom stereocenters. The van der Waals surface area contributed by atoms with Gasteiger partial charge in [0.05, 0.1) is 7.11 Å². The molecule has 2 heterocycles. The van der Waals surface area contributed by atoms with Crippen molar-refractivity contribution in [2.24, 2.45) is 0 Å². The van der Waals surface area contributed by atoms with E-state index in [0.717, 1.165) is 0 Å². The maximum atomic E-state index is 11.1. The summed E-state index contributed by atoms with van der Waals surface area (Å²) >= 11 is 0. The number of carboxylic acids is 1. The molecule has 0 aliphatic carbocycles. The van der Waals surface area contributed by atoms with Crippen LogP contribution in [0.2, 0.25) is 0 Å². The van der Waals surface area contributed by atoms with Gasteiger partial charge in [0, 0.05) is 29.6 Å². The molecule has 0 spiro atoms. The molecule has 0 saturated carbocycles. The summed E-state index contributed by atoms with van der Waals surface area (Å²) in [6, 6.07) is 6.80. The first-order valence-electron chi connectivity index (χ1n) is 4.91. The van der Waals surface area contributed by atoms with Crippen molar-refractivity contribution < 1.29 is 14.6 Å². The van der Waals surface area contributed by atoms with Gasteiger partial charge in [0.25, 0.3) is 0 Å². The Labute approximate surface area is 97.7 Å². The van der Waals surface area contributed by atoms with E-state index in [2.05, 4.69) is 9.97 Å². The number of aromatic nitrogens is 2. The summed E-state index contributed by atoms with van der Waals surface area (Å²) in [7, 11) is 1.44. The second-order valence-electron chi connectivity index (χ2n) is 3.30. The van der Waals surface area contributed by atoms with Crippen LogP contribution in [-0.4, -0.2) is 28.2 Å². The van der Waals surface area contributed by atoms with Gasteiger partial charge >= 0.3 is 5.97 Å². The number of aromatic carboxylic acids is 1. The van der Waals surface area contributed by atoms with Crippen LogP contribution in [-0.2, 0) is 0 Å². The molecule has 5 heteroatoms. The summed E-state index contributed by atoms with van der Waals surface area (Å²) in [6.45, 7) is 0. The van der Waals surface area contributed by atoms with Crippen LogP contribution in [0.5, 0.6) is 5.88 Å². The minimum atomic E-state index is -1.09. The molecule has 0 saturated heterocycles. The summed E-state index contributed by atoms with van der Waals surface area (Å²) in [5.41, 5.74) is 1.18. The van der Waals surface area contributed by atoms with Gasteiger partial charge in [0.15, 0.2) is 5.69 Å². The van der Waals surface area contributed by atoms with Crippen LogP contribution in [0.3, 0.4) is 0 Å². The first kappa shape index (κ1) is 11.1. The normalized spacial score (nSPS) is 9.94. The lowest BCUT2D eigenvalue weighted by atomic mass is 10.1. The summed E-state index contributed by atoms with van der Waals surface area (Å²) < 4.78 is 4.91. The number of carboxylic acid groups (broad SMARTS) is 1. The Bertz CT molecular complexity index is 541. The molecule has 5 nitrogen and oxygen atoms in total. The first-order valence-corrected chi connectivity index (χ1v) is 4.91. The van der Waals surface area contributed by atoms with Gasteiger partial charge in [-0.15, -0.1) is 0 Å². The number of nitrogens with zero attached hydrogens (tertiary/aromatic N) is 2. The van der Waals surface area contributed by atoms with Gasteiger partial charge in [0.2, 0.25) is 5.88 Å². The third-order valence-corrected chi connectivity index (χ3v) is 2.25. The van der Waals surface area contributed by atoms with E-state index < -0.39 is 5.97 Å². The second kappa shape index (κ2) is 4.61. The lowest BCUT2D eigenvalue weighted by Gasteiger charge is -2.06. The topological polar surface area (TPSA) is 72.3 Å². The van der Waals surface area contributed by atoms with Crippen LogP contribution in [0.25, 0.3) is 11.1 Å². The Morgan fingerprint density at radius 2 is 2.18 bits per heavy atom. The molecule has 0 bridgehead atoms. The van der Waals surface area contributed by atoms with E-state index in [4.69, 9.17) is 9.84 Å². The number of rotatable bonds is 3. The van der Waals surface area contributed by atoms with E-state index in [1.165, 1.54) is 7.11 Å². The second-order valence-corrected chi connectivity index (χ2v) is 3.30. The van der Waals surface area contributed by atoms with Crippen molar-refractivity contribution in [3.63, 3.8) is 0 Å². The van der Waals surface area contributed by atoms with Gasteiger partial charge in [-0.25, -0.2) is 9.78 Å². The SMILES string of the molecule is COc1ccc(-c2cccnc2)c(C(=O)O)n1. The van der Waals surface area contributed by atoms with Gasteiger partial charge in [-0.05, 0) is 12.1 Å². The molecule has 0 radical (unpaired) electrons. The summed E-state index contributed by atoms with van der Waals surface area (Å²) in [4.78, 5) is 19.0. The third-order valence-electron chi connectivity index (χ3n) is 2.25. The highest BCUT2D eigenvalue weighted by Crippen LogP contribution is 2.23. The molecular weight excluding hydrogens is 220 g/mol. The average Bonchev–Trinajstić information content (AvgIpc) is 2.39. The zero-order valence-electron chi connectivity index (χ0n) is 9.12. The van der Waals surface area contributed by atoms with Crippen LogP contribution in [0.15, 0.2) is 36.7 Å². The van der Waals surface area contributed by atoms with Gasteiger partial charge in [-0.1, -0.05) is 6.07 Å². The molecule has 86 valence electrons. The number of hydrogen-bond acceptors (Lipinski definition) is 4. The van der Waals surface area contributed by atoms with Crippen LogP contribution < -0.4 is 4.74 Å².